The fraction of sp³-hybridized carbons (Fsp3) is 0.727. The van der Waals surface area contributed by atoms with Gasteiger partial charge in [-0.1, -0.05) is 58.1 Å². The summed E-state index contributed by atoms with van der Waals surface area (Å²) in [7, 11) is 0. The number of piperidine rings is 1. The van der Waals surface area contributed by atoms with Crippen molar-refractivity contribution in [2.75, 3.05) is 6.61 Å². The van der Waals surface area contributed by atoms with Gasteiger partial charge in [-0.2, -0.15) is 0 Å². The Morgan fingerprint density at radius 2 is 1.62 bits per heavy atom. The number of fused-ring (bicyclic) bond motifs is 3. The van der Waals surface area contributed by atoms with Gasteiger partial charge in [0.2, 0.25) is 5.69 Å². The normalized spacial score (nSPS) is 33.9. The van der Waals surface area contributed by atoms with Crippen LogP contribution in [0.15, 0.2) is 29.1 Å². The van der Waals surface area contributed by atoms with Gasteiger partial charge < -0.3 is 9.30 Å². The fourth-order valence-electron chi connectivity index (χ4n) is 9.63. The van der Waals surface area contributed by atoms with Gasteiger partial charge in [-0.25, -0.2) is 9.78 Å². The lowest BCUT2D eigenvalue weighted by Gasteiger charge is -2.57. The summed E-state index contributed by atoms with van der Waals surface area (Å²) < 4.78 is 7.15. The predicted octanol–water partition coefficient (Wildman–Crippen LogP) is 6.91. The van der Waals surface area contributed by atoms with Gasteiger partial charge in [0.25, 0.3) is 5.56 Å². The standard InChI is InChI=1S/C33H47N3O3/c1-4-39-32(38)30-31(37)35(29-13-9-8-12-28(29)34-30)27-17-25-14-15-26(18-27)36(25)33(19-22(2)16-23(3)20-33)21-24-10-6-5-7-11-24/h8-9,12-13,22-27H,4-7,10-11,14-21H2,1-3H3/t22?,23?,25-,26+,27?,33?. The molecule has 2 saturated heterocycles. The van der Waals surface area contributed by atoms with Crippen molar-refractivity contribution in [3.05, 3.63) is 40.3 Å². The van der Waals surface area contributed by atoms with Gasteiger partial charge in [0.05, 0.1) is 17.6 Å². The van der Waals surface area contributed by atoms with Crippen LogP contribution in [0.25, 0.3) is 11.0 Å². The molecule has 6 rings (SSSR count). The van der Waals surface area contributed by atoms with E-state index in [1.165, 1.54) is 70.6 Å². The largest absolute Gasteiger partial charge is 0.461 e. The summed E-state index contributed by atoms with van der Waals surface area (Å²) >= 11 is 0. The highest BCUT2D eigenvalue weighted by Crippen LogP contribution is 2.53. The van der Waals surface area contributed by atoms with Crippen LogP contribution in [0.2, 0.25) is 0 Å². The van der Waals surface area contributed by atoms with Crippen LogP contribution in [-0.4, -0.2) is 44.6 Å². The molecule has 6 heteroatoms. The molecule has 5 atom stereocenters. The summed E-state index contributed by atoms with van der Waals surface area (Å²) in [6.45, 7) is 6.97. The number of nitrogens with zero attached hydrogens (tertiary/aromatic N) is 3. The van der Waals surface area contributed by atoms with Gasteiger partial charge in [-0.15, -0.1) is 0 Å². The number of ether oxygens (including phenoxy) is 1. The lowest BCUT2D eigenvalue weighted by atomic mass is 9.64. The maximum atomic E-state index is 13.8. The quantitative estimate of drug-likeness (QED) is 0.378. The molecule has 0 amide bonds. The summed E-state index contributed by atoms with van der Waals surface area (Å²) in [5, 5.41) is 0. The van der Waals surface area contributed by atoms with Crippen LogP contribution >= 0.6 is 0 Å². The number of hydrogen-bond donors (Lipinski definition) is 0. The molecule has 1 aromatic carbocycles. The molecule has 2 bridgehead atoms. The number of carbonyl (C=O) groups excluding carboxylic acids is 1. The summed E-state index contributed by atoms with van der Waals surface area (Å²) in [6.07, 6.45) is 16.8. The molecule has 2 saturated carbocycles. The molecule has 39 heavy (non-hydrogen) atoms. The summed E-state index contributed by atoms with van der Waals surface area (Å²) in [5.41, 5.74) is 1.47. The zero-order chi connectivity index (χ0) is 27.1. The number of aromatic nitrogens is 2. The van der Waals surface area contributed by atoms with Crippen LogP contribution in [0.5, 0.6) is 0 Å². The third kappa shape index (κ3) is 5.07. The van der Waals surface area contributed by atoms with Crippen molar-refractivity contribution in [1.82, 2.24) is 14.5 Å². The van der Waals surface area contributed by atoms with E-state index in [1.807, 2.05) is 28.8 Å². The summed E-state index contributed by atoms with van der Waals surface area (Å²) in [5.74, 6) is 1.80. The Labute approximate surface area is 233 Å². The zero-order valence-corrected chi connectivity index (χ0v) is 24.2. The molecule has 2 aliphatic carbocycles. The molecular formula is C33H47N3O3. The first-order chi connectivity index (χ1) is 18.9. The lowest BCUT2D eigenvalue weighted by molar-refractivity contribution is -0.0646. The Morgan fingerprint density at radius 1 is 0.949 bits per heavy atom. The van der Waals surface area contributed by atoms with E-state index in [4.69, 9.17) is 4.74 Å². The molecule has 3 unspecified atom stereocenters. The van der Waals surface area contributed by atoms with Gasteiger partial charge >= 0.3 is 5.97 Å². The summed E-state index contributed by atoms with van der Waals surface area (Å²) in [4.78, 5) is 34.0. The van der Waals surface area contributed by atoms with E-state index in [2.05, 4.69) is 23.7 Å². The van der Waals surface area contributed by atoms with Crippen molar-refractivity contribution < 1.29 is 9.53 Å². The molecule has 0 N–H and O–H groups in total. The second-order valence-corrected chi connectivity index (χ2v) is 13.5. The highest BCUT2D eigenvalue weighted by Gasteiger charge is 2.53. The van der Waals surface area contributed by atoms with E-state index >= 15 is 0 Å². The van der Waals surface area contributed by atoms with Gasteiger partial charge in [0, 0.05) is 23.7 Å². The maximum Gasteiger partial charge on any atom is 0.362 e. The van der Waals surface area contributed by atoms with E-state index in [-0.39, 0.29) is 23.9 Å². The summed E-state index contributed by atoms with van der Waals surface area (Å²) in [6, 6.07) is 8.87. The monoisotopic (exact) mass is 533 g/mol. The molecular weight excluding hydrogens is 486 g/mol. The van der Waals surface area contributed by atoms with Crippen LogP contribution in [0.3, 0.4) is 0 Å². The van der Waals surface area contributed by atoms with Crippen molar-refractivity contribution in [3.63, 3.8) is 0 Å². The minimum Gasteiger partial charge on any atom is -0.461 e. The SMILES string of the molecule is CCOC(=O)c1nc2ccccc2n(C2C[C@H]3CC[C@@H](C2)N3C2(CC3CCCCC3)CC(C)CC(C)C2)c1=O. The van der Waals surface area contributed by atoms with Crippen LogP contribution in [0, 0.1) is 17.8 Å². The molecule has 3 heterocycles. The number of rotatable bonds is 6. The highest BCUT2D eigenvalue weighted by molar-refractivity contribution is 5.89. The molecule has 212 valence electrons. The Balaban J connectivity index is 1.35. The van der Waals surface area contributed by atoms with Crippen molar-refractivity contribution in [3.8, 4) is 0 Å². The molecule has 4 aliphatic rings. The molecule has 4 fully saturated rings. The molecule has 6 nitrogen and oxygen atoms in total. The molecule has 2 aliphatic heterocycles. The van der Waals surface area contributed by atoms with Crippen LogP contribution in [0.4, 0.5) is 0 Å². The second kappa shape index (κ2) is 11.0. The average molecular weight is 534 g/mol. The number of benzene rings is 1. The number of hydrogen-bond acceptors (Lipinski definition) is 5. The Bertz CT molecular complexity index is 1220. The van der Waals surface area contributed by atoms with Crippen LogP contribution in [-0.2, 0) is 4.74 Å². The van der Waals surface area contributed by atoms with Crippen molar-refractivity contribution in [2.45, 2.75) is 128 Å². The van der Waals surface area contributed by atoms with Crippen molar-refractivity contribution >= 4 is 17.0 Å². The first-order valence-electron chi connectivity index (χ1n) is 15.9. The Kier molecular flexibility index (Phi) is 7.60. The third-order valence-corrected chi connectivity index (χ3v) is 10.5. The van der Waals surface area contributed by atoms with Gasteiger partial charge in [0.1, 0.15) is 0 Å². The number of para-hydroxylation sites is 2. The second-order valence-electron chi connectivity index (χ2n) is 13.5. The van der Waals surface area contributed by atoms with E-state index in [0.29, 0.717) is 23.1 Å². The van der Waals surface area contributed by atoms with E-state index < -0.39 is 5.97 Å². The third-order valence-electron chi connectivity index (χ3n) is 10.5. The number of esters is 1. The van der Waals surface area contributed by atoms with Gasteiger partial charge in [-0.05, 0) is 88.2 Å². The number of carbonyl (C=O) groups is 1. The van der Waals surface area contributed by atoms with Gasteiger partial charge in [0.15, 0.2) is 0 Å². The first kappa shape index (κ1) is 27.0. The smallest absolute Gasteiger partial charge is 0.362 e. The Hall–Kier alpha value is -2.21. The van der Waals surface area contributed by atoms with E-state index in [0.717, 1.165) is 36.1 Å². The molecule has 0 radical (unpaired) electrons. The molecule has 0 spiro atoms. The van der Waals surface area contributed by atoms with Gasteiger partial charge in [-0.3, -0.25) is 9.69 Å². The Morgan fingerprint density at radius 3 is 2.28 bits per heavy atom. The minimum absolute atomic E-state index is 0.0750. The maximum absolute atomic E-state index is 13.8. The fourth-order valence-corrected chi connectivity index (χ4v) is 9.63. The minimum atomic E-state index is -0.612. The topological polar surface area (TPSA) is 64.4 Å². The van der Waals surface area contributed by atoms with E-state index in [9.17, 15) is 9.59 Å². The van der Waals surface area contributed by atoms with Crippen molar-refractivity contribution in [1.29, 1.82) is 0 Å². The van der Waals surface area contributed by atoms with Crippen LogP contribution in [0.1, 0.15) is 121 Å². The lowest BCUT2D eigenvalue weighted by Crippen LogP contribution is -2.61. The van der Waals surface area contributed by atoms with E-state index in [1.54, 1.807) is 6.92 Å². The first-order valence-corrected chi connectivity index (χ1v) is 15.9. The van der Waals surface area contributed by atoms with Crippen molar-refractivity contribution in [2.24, 2.45) is 17.8 Å². The molecule has 1 aromatic heterocycles. The average Bonchev–Trinajstić information content (AvgIpc) is 3.19. The zero-order valence-electron chi connectivity index (χ0n) is 24.2. The van der Waals surface area contributed by atoms with Crippen LogP contribution < -0.4 is 5.56 Å². The molecule has 2 aromatic rings. The highest BCUT2D eigenvalue weighted by atomic mass is 16.5. The predicted molar refractivity (Wildman–Crippen MR) is 155 cm³/mol.